The molecule has 1 aliphatic heterocycles. The number of sulfonamides is 1. The summed E-state index contributed by atoms with van der Waals surface area (Å²) in [5, 5.41) is 3.31. The topological polar surface area (TPSA) is 94.2 Å². The molecule has 0 aromatic heterocycles. The van der Waals surface area contributed by atoms with Gasteiger partial charge in [0.1, 0.15) is 11.5 Å². The lowest BCUT2D eigenvalue weighted by molar-refractivity contribution is -0.118. The fourth-order valence-corrected chi connectivity index (χ4v) is 4.65. The molecule has 0 unspecified atom stereocenters. The van der Waals surface area contributed by atoms with Crippen molar-refractivity contribution < 1.29 is 27.4 Å². The van der Waals surface area contributed by atoms with Crippen LogP contribution in [0.2, 0.25) is 5.02 Å². The second kappa shape index (κ2) is 10.5. The zero-order chi connectivity index (χ0) is 23.3. The second-order valence-corrected chi connectivity index (χ2v) is 9.93. The maximum Gasteiger partial charge on any atom is 0.262 e. The standard InChI is InChI=1S/C22H27ClN2O6S/c1-15(2)31-21-7-5-18(32(27,28)25-8-10-29-11-9-25)13-20(21)24-22(26)14-30-17-4-6-19(23)16(3)12-17/h4-7,12-13,15H,8-11,14H2,1-3H3,(H,24,26). The van der Waals surface area contributed by atoms with Crippen molar-refractivity contribution in [2.45, 2.75) is 31.8 Å². The Morgan fingerprint density at radius 2 is 1.91 bits per heavy atom. The summed E-state index contributed by atoms with van der Waals surface area (Å²) in [6.07, 6.45) is -0.166. The molecule has 1 fully saturated rings. The Labute approximate surface area is 193 Å². The van der Waals surface area contributed by atoms with Crippen molar-refractivity contribution in [1.29, 1.82) is 0 Å². The zero-order valence-electron chi connectivity index (χ0n) is 18.3. The Morgan fingerprint density at radius 3 is 2.56 bits per heavy atom. The van der Waals surface area contributed by atoms with Crippen molar-refractivity contribution in [2.24, 2.45) is 0 Å². The first kappa shape index (κ1) is 24.3. The van der Waals surface area contributed by atoms with Gasteiger partial charge in [0.25, 0.3) is 5.91 Å². The van der Waals surface area contributed by atoms with Crippen molar-refractivity contribution in [2.75, 3.05) is 38.2 Å². The predicted octanol–water partition coefficient (Wildman–Crippen LogP) is 3.47. The number of hydrogen-bond donors (Lipinski definition) is 1. The number of amides is 1. The number of carbonyl (C=O) groups is 1. The van der Waals surface area contributed by atoms with E-state index in [1.807, 2.05) is 20.8 Å². The van der Waals surface area contributed by atoms with Crippen LogP contribution in [0.5, 0.6) is 11.5 Å². The number of carbonyl (C=O) groups excluding carboxylic acids is 1. The fraction of sp³-hybridized carbons (Fsp3) is 0.409. The maximum absolute atomic E-state index is 13.0. The summed E-state index contributed by atoms with van der Waals surface area (Å²) in [7, 11) is -3.73. The first-order chi connectivity index (χ1) is 15.2. The summed E-state index contributed by atoms with van der Waals surface area (Å²) in [4.78, 5) is 12.6. The Kier molecular flexibility index (Phi) is 8.00. The summed E-state index contributed by atoms with van der Waals surface area (Å²) in [6, 6.07) is 9.53. The molecule has 0 spiro atoms. The van der Waals surface area contributed by atoms with E-state index in [2.05, 4.69) is 5.32 Å². The fourth-order valence-electron chi connectivity index (χ4n) is 3.10. The van der Waals surface area contributed by atoms with Gasteiger partial charge in [-0.25, -0.2) is 8.42 Å². The number of nitrogens with one attached hydrogen (secondary N) is 1. The van der Waals surface area contributed by atoms with Crippen molar-refractivity contribution in [3.8, 4) is 11.5 Å². The van der Waals surface area contributed by atoms with E-state index < -0.39 is 15.9 Å². The summed E-state index contributed by atoms with van der Waals surface area (Å²) in [6.45, 7) is 6.52. The average molecular weight is 483 g/mol. The minimum absolute atomic E-state index is 0.0695. The Hall–Kier alpha value is -2.33. The molecule has 0 aliphatic carbocycles. The highest BCUT2D eigenvalue weighted by Crippen LogP contribution is 2.30. The summed E-state index contributed by atoms with van der Waals surface area (Å²) >= 11 is 6.01. The molecular formula is C22H27ClN2O6S. The van der Waals surface area contributed by atoms with Gasteiger partial charge in [-0.05, 0) is 62.7 Å². The van der Waals surface area contributed by atoms with E-state index in [1.165, 1.54) is 16.4 Å². The summed E-state index contributed by atoms with van der Waals surface area (Å²) in [5.41, 5.74) is 1.09. The van der Waals surface area contributed by atoms with Crippen LogP contribution in [0, 0.1) is 6.92 Å². The third kappa shape index (κ3) is 6.13. The maximum atomic E-state index is 13.0. The molecule has 1 saturated heterocycles. The van der Waals surface area contributed by atoms with E-state index in [1.54, 1.807) is 24.3 Å². The molecule has 2 aromatic rings. The van der Waals surface area contributed by atoms with Gasteiger partial charge in [0.2, 0.25) is 10.0 Å². The minimum atomic E-state index is -3.73. The third-order valence-corrected chi connectivity index (χ3v) is 7.01. The van der Waals surface area contributed by atoms with Crippen LogP contribution in [0.15, 0.2) is 41.3 Å². The lowest BCUT2D eigenvalue weighted by Gasteiger charge is -2.26. The van der Waals surface area contributed by atoms with Crippen LogP contribution in [0.4, 0.5) is 5.69 Å². The van der Waals surface area contributed by atoms with Crippen molar-refractivity contribution in [1.82, 2.24) is 4.31 Å². The first-order valence-corrected chi connectivity index (χ1v) is 12.1. The van der Waals surface area contributed by atoms with E-state index in [0.29, 0.717) is 29.7 Å². The molecule has 0 saturated carbocycles. The average Bonchev–Trinajstić information content (AvgIpc) is 2.76. The van der Waals surface area contributed by atoms with Crippen LogP contribution in [0.1, 0.15) is 19.4 Å². The van der Waals surface area contributed by atoms with E-state index >= 15 is 0 Å². The molecule has 0 atom stereocenters. The number of aryl methyl sites for hydroxylation is 1. The third-order valence-electron chi connectivity index (χ3n) is 4.69. The van der Waals surface area contributed by atoms with Gasteiger partial charge in [0, 0.05) is 18.1 Å². The number of morpholine rings is 1. The molecule has 1 aliphatic rings. The van der Waals surface area contributed by atoms with Gasteiger partial charge in [-0.15, -0.1) is 0 Å². The van der Waals surface area contributed by atoms with Gasteiger partial charge in [-0.3, -0.25) is 4.79 Å². The van der Waals surface area contributed by atoms with Gasteiger partial charge < -0.3 is 19.5 Å². The van der Waals surface area contributed by atoms with Gasteiger partial charge in [-0.2, -0.15) is 4.31 Å². The lowest BCUT2D eigenvalue weighted by atomic mass is 10.2. The molecule has 8 nitrogen and oxygen atoms in total. The largest absolute Gasteiger partial charge is 0.489 e. The van der Waals surface area contributed by atoms with E-state index in [4.69, 9.17) is 25.8 Å². The smallest absolute Gasteiger partial charge is 0.262 e. The van der Waals surface area contributed by atoms with Crippen LogP contribution < -0.4 is 14.8 Å². The summed E-state index contributed by atoms with van der Waals surface area (Å²) < 4.78 is 43.9. The Bertz CT molecular complexity index is 1070. The molecule has 32 heavy (non-hydrogen) atoms. The quantitative estimate of drug-likeness (QED) is 0.619. The second-order valence-electron chi connectivity index (χ2n) is 7.59. The SMILES string of the molecule is Cc1cc(OCC(=O)Nc2cc(S(=O)(=O)N3CCOCC3)ccc2OC(C)C)ccc1Cl. The number of anilines is 1. The number of halogens is 1. The lowest BCUT2D eigenvalue weighted by Crippen LogP contribution is -2.40. The molecular weight excluding hydrogens is 456 g/mol. The highest BCUT2D eigenvalue weighted by molar-refractivity contribution is 7.89. The van der Waals surface area contributed by atoms with Crippen LogP contribution in [0.25, 0.3) is 0 Å². The number of benzene rings is 2. The molecule has 10 heteroatoms. The number of rotatable bonds is 8. The summed E-state index contributed by atoms with van der Waals surface area (Å²) in [5.74, 6) is 0.424. The van der Waals surface area contributed by atoms with E-state index in [0.717, 1.165) is 5.56 Å². The molecule has 1 N–H and O–H groups in total. The van der Waals surface area contributed by atoms with Crippen LogP contribution in [-0.4, -0.2) is 57.6 Å². The highest BCUT2D eigenvalue weighted by atomic mass is 35.5. The molecule has 0 radical (unpaired) electrons. The first-order valence-electron chi connectivity index (χ1n) is 10.2. The molecule has 174 valence electrons. The van der Waals surface area contributed by atoms with Gasteiger partial charge in [0.15, 0.2) is 6.61 Å². The van der Waals surface area contributed by atoms with E-state index in [9.17, 15) is 13.2 Å². The van der Waals surface area contributed by atoms with Crippen LogP contribution >= 0.6 is 11.6 Å². The van der Waals surface area contributed by atoms with Gasteiger partial charge in [-0.1, -0.05) is 11.6 Å². The normalized spacial score (nSPS) is 14.9. The Morgan fingerprint density at radius 1 is 1.19 bits per heavy atom. The Balaban J connectivity index is 1.78. The number of ether oxygens (including phenoxy) is 3. The van der Waals surface area contributed by atoms with E-state index in [-0.39, 0.29) is 36.4 Å². The predicted molar refractivity (Wildman–Crippen MR) is 122 cm³/mol. The molecule has 2 aromatic carbocycles. The van der Waals surface area contributed by atoms with Crippen molar-refractivity contribution in [3.05, 3.63) is 47.0 Å². The van der Waals surface area contributed by atoms with Gasteiger partial charge in [0.05, 0.1) is 29.9 Å². The van der Waals surface area contributed by atoms with Crippen LogP contribution in [-0.2, 0) is 19.6 Å². The van der Waals surface area contributed by atoms with Crippen molar-refractivity contribution in [3.63, 3.8) is 0 Å². The highest BCUT2D eigenvalue weighted by Gasteiger charge is 2.27. The number of hydrogen-bond acceptors (Lipinski definition) is 6. The van der Waals surface area contributed by atoms with Gasteiger partial charge >= 0.3 is 0 Å². The molecule has 0 bridgehead atoms. The minimum Gasteiger partial charge on any atom is -0.489 e. The number of nitrogens with zero attached hydrogens (tertiary/aromatic N) is 1. The van der Waals surface area contributed by atoms with Crippen LogP contribution in [0.3, 0.4) is 0 Å². The molecule has 1 amide bonds. The molecule has 3 rings (SSSR count). The van der Waals surface area contributed by atoms with Crippen molar-refractivity contribution >= 4 is 33.2 Å². The monoisotopic (exact) mass is 482 g/mol. The zero-order valence-corrected chi connectivity index (χ0v) is 19.8. The molecule has 1 heterocycles.